The molecule has 20 heavy (non-hydrogen) atoms. The number of halogens is 3. The van der Waals surface area contributed by atoms with Crippen molar-refractivity contribution in [3.8, 4) is 0 Å². The van der Waals surface area contributed by atoms with Gasteiger partial charge in [0.2, 0.25) is 5.82 Å². The number of nitrogens with zero attached hydrogens (tertiary/aromatic N) is 2. The van der Waals surface area contributed by atoms with Gasteiger partial charge in [-0.05, 0) is 44.0 Å². The van der Waals surface area contributed by atoms with Gasteiger partial charge in [-0.3, -0.25) is 14.9 Å². The second-order valence-corrected chi connectivity index (χ2v) is 7.59. The number of thiophene rings is 1. The molecule has 0 aromatic carbocycles. The van der Waals surface area contributed by atoms with E-state index in [1.54, 1.807) is 6.07 Å². The van der Waals surface area contributed by atoms with Gasteiger partial charge in [0.25, 0.3) is 5.91 Å². The Bertz CT molecular complexity index is 707. The molecule has 1 N–H and O–H groups in total. The molecular weight excluding hydrogens is 437 g/mol. The van der Waals surface area contributed by atoms with Crippen LogP contribution >= 0.6 is 54.8 Å². The van der Waals surface area contributed by atoms with Gasteiger partial charge in [0.05, 0.1) is 18.1 Å². The highest BCUT2D eigenvalue weighted by atomic mass is 79.9. The molecule has 2 aromatic rings. The Morgan fingerprint density at radius 3 is 2.70 bits per heavy atom. The van der Waals surface area contributed by atoms with E-state index in [0.29, 0.717) is 9.35 Å². The quantitative estimate of drug-likeness (QED) is 0.432. The number of carbonyl (C=O) groups excluding carboxylic acids is 1. The van der Waals surface area contributed by atoms with Crippen molar-refractivity contribution < 1.29 is 9.72 Å². The molecule has 0 atom stereocenters. The fourth-order valence-corrected chi connectivity index (χ4v) is 4.28. The number of nitrogens with one attached hydrogen (secondary N) is 1. The largest absolute Gasteiger partial charge is 0.311 e. The number of rotatable bonds is 3. The van der Waals surface area contributed by atoms with Crippen molar-refractivity contribution in [2.45, 2.75) is 0 Å². The minimum atomic E-state index is -0.641. The molecule has 0 fully saturated rings. The van der Waals surface area contributed by atoms with Crippen molar-refractivity contribution in [2.75, 3.05) is 5.32 Å². The van der Waals surface area contributed by atoms with E-state index in [2.05, 4.69) is 42.2 Å². The van der Waals surface area contributed by atoms with Crippen molar-refractivity contribution in [3.05, 3.63) is 46.6 Å². The van der Waals surface area contributed by atoms with Crippen molar-refractivity contribution in [1.82, 2.24) is 4.98 Å². The van der Waals surface area contributed by atoms with Crippen molar-refractivity contribution in [3.63, 3.8) is 0 Å². The summed E-state index contributed by atoms with van der Waals surface area (Å²) >= 11 is 13.5. The van der Waals surface area contributed by atoms with E-state index in [4.69, 9.17) is 11.6 Å². The highest BCUT2D eigenvalue weighted by Gasteiger charge is 2.21. The lowest BCUT2D eigenvalue weighted by Crippen LogP contribution is -2.14. The van der Waals surface area contributed by atoms with Crippen LogP contribution in [0.3, 0.4) is 0 Å². The maximum atomic E-state index is 12.1. The van der Waals surface area contributed by atoms with Crippen LogP contribution in [0.15, 0.2) is 25.8 Å². The molecular formula is C10H4Br2ClN3O3S. The maximum absolute atomic E-state index is 12.1. The van der Waals surface area contributed by atoms with Gasteiger partial charge < -0.3 is 5.32 Å². The summed E-state index contributed by atoms with van der Waals surface area (Å²) in [6.07, 6.45) is 0. The predicted molar refractivity (Wildman–Crippen MR) is 83.6 cm³/mol. The van der Waals surface area contributed by atoms with Crippen LogP contribution in [0.5, 0.6) is 0 Å². The number of hydrogen-bond acceptors (Lipinski definition) is 5. The third-order valence-corrected chi connectivity index (χ3v) is 4.72. The summed E-state index contributed by atoms with van der Waals surface area (Å²) in [6.45, 7) is 0. The molecule has 0 radical (unpaired) electrons. The zero-order valence-electron chi connectivity index (χ0n) is 9.39. The van der Waals surface area contributed by atoms with Crippen molar-refractivity contribution >= 4 is 72.2 Å². The molecule has 2 rings (SSSR count). The summed E-state index contributed by atoms with van der Waals surface area (Å²) in [6, 6.07) is 4.07. The van der Waals surface area contributed by atoms with Gasteiger partial charge in [-0.2, -0.15) is 0 Å². The molecule has 0 saturated carbocycles. The Balaban J connectivity index is 2.34. The van der Waals surface area contributed by atoms with Crippen LogP contribution in [0.4, 0.5) is 11.5 Å². The first kappa shape index (κ1) is 15.4. The van der Waals surface area contributed by atoms with E-state index in [0.717, 1.165) is 3.79 Å². The molecule has 104 valence electrons. The normalized spacial score (nSPS) is 10.3. The second kappa shape index (κ2) is 6.17. The predicted octanol–water partition coefficient (Wildman–Crippen LogP) is 4.48. The fourth-order valence-electron chi connectivity index (χ4n) is 1.34. The number of pyridine rings is 1. The summed E-state index contributed by atoms with van der Waals surface area (Å²) in [5.41, 5.74) is 0.0196. The zero-order chi connectivity index (χ0) is 14.9. The third-order valence-electron chi connectivity index (χ3n) is 2.17. The van der Waals surface area contributed by atoms with E-state index in [1.807, 2.05) is 0 Å². The number of aromatic nitrogens is 1. The summed E-state index contributed by atoms with van der Waals surface area (Å²) < 4.78 is 1.36. The summed E-state index contributed by atoms with van der Waals surface area (Å²) in [7, 11) is 0. The van der Waals surface area contributed by atoms with Crippen LogP contribution < -0.4 is 5.32 Å². The van der Waals surface area contributed by atoms with Crippen LogP contribution in [0, 0.1) is 10.1 Å². The number of anilines is 1. The average Bonchev–Trinajstić information content (AvgIpc) is 2.68. The molecule has 0 aliphatic carbocycles. The van der Waals surface area contributed by atoms with Gasteiger partial charge in [-0.1, -0.05) is 11.6 Å². The highest BCUT2D eigenvalue weighted by Crippen LogP contribution is 2.33. The maximum Gasteiger partial charge on any atom is 0.311 e. The van der Waals surface area contributed by atoms with Crippen LogP contribution in [-0.4, -0.2) is 15.8 Å². The third kappa shape index (κ3) is 3.35. The van der Waals surface area contributed by atoms with Gasteiger partial charge in [0, 0.05) is 6.07 Å². The molecule has 0 aliphatic rings. The Labute approximate surface area is 138 Å². The Kier molecular flexibility index (Phi) is 4.74. The lowest BCUT2D eigenvalue weighted by Gasteiger charge is -2.04. The first-order chi connectivity index (χ1) is 9.38. The van der Waals surface area contributed by atoms with Gasteiger partial charge in [0.15, 0.2) is 0 Å². The van der Waals surface area contributed by atoms with E-state index < -0.39 is 10.8 Å². The van der Waals surface area contributed by atoms with Gasteiger partial charge >= 0.3 is 5.69 Å². The van der Waals surface area contributed by atoms with Crippen LogP contribution in [0.2, 0.25) is 5.15 Å². The van der Waals surface area contributed by atoms with Crippen molar-refractivity contribution in [2.24, 2.45) is 0 Å². The summed E-state index contributed by atoms with van der Waals surface area (Å²) in [4.78, 5) is 26.1. The molecule has 6 nitrogen and oxygen atoms in total. The highest BCUT2D eigenvalue weighted by molar-refractivity contribution is 9.12. The molecule has 0 aliphatic heterocycles. The first-order valence-electron chi connectivity index (χ1n) is 4.95. The summed E-state index contributed by atoms with van der Waals surface area (Å²) in [5, 5.41) is 13.3. The first-order valence-corrected chi connectivity index (χ1v) is 7.73. The number of hydrogen-bond donors (Lipinski definition) is 1. The second-order valence-electron chi connectivity index (χ2n) is 3.45. The monoisotopic (exact) mass is 439 g/mol. The molecule has 10 heteroatoms. The molecule has 1 amide bonds. The number of carbonyl (C=O) groups is 1. The zero-order valence-corrected chi connectivity index (χ0v) is 14.1. The standard InChI is InChI=1S/C10H4Br2ClN3O3S/c11-6-3-4(8(12)20-6)10(17)15-9-5(16(18)19)1-2-7(13)14-9/h1-3H,(H,14,15,17). The summed E-state index contributed by atoms with van der Waals surface area (Å²) in [5.74, 6) is -0.710. The van der Waals surface area contributed by atoms with Crippen LogP contribution in [-0.2, 0) is 0 Å². The van der Waals surface area contributed by atoms with E-state index in [1.165, 1.54) is 23.5 Å². The molecule has 0 saturated heterocycles. The molecule has 0 spiro atoms. The lowest BCUT2D eigenvalue weighted by atomic mass is 10.3. The van der Waals surface area contributed by atoms with Gasteiger partial charge in [-0.25, -0.2) is 4.98 Å². The Morgan fingerprint density at radius 2 is 2.15 bits per heavy atom. The van der Waals surface area contributed by atoms with Crippen LogP contribution in [0.1, 0.15) is 10.4 Å². The lowest BCUT2D eigenvalue weighted by molar-refractivity contribution is -0.384. The minimum Gasteiger partial charge on any atom is -0.301 e. The molecule has 0 bridgehead atoms. The van der Waals surface area contributed by atoms with Crippen LogP contribution in [0.25, 0.3) is 0 Å². The van der Waals surface area contributed by atoms with Gasteiger partial charge in [0.1, 0.15) is 5.15 Å². The van der Waals surface area contributed by atoms with Gasteiger partial charge in [-0.15, -0.1) is 11.3 Å². The van der Waals surface area contributed by atoms with E-state index in [9.17, 15) is 14.9 Å². The van der Waals surface area contributed by atoms with E-state index >= 15 is 0 Å². The minimum absolute atomic E-state index is 0.0523. The molecule has 2 heterocycles. The topological polar surface area (TPSA) is 85.1 Å². The SMILES string of the molecule is O=C(Nc1nc(Cl)ccc1[N+](=O)[O-])c1cc(Br)sc1Br. The molecule has 2 aromatic heterocycles. The number of nitro groups is 1. The Hall–Kier alpha value is -1.03. The Morgan fingerprint density at radius 1 is 1.45 bits per heavy atom. The average molecular weight is 441 g/mol. The van der Waals surface area contributed by atoms with E-state index in [-0.39, 0.29) is 16.7 Å². The fraction of sp³-hybridized carbons (Fsp3) is 0. The molecule has 0 unspecified atom stereocenters. The smallest absolute Gasteiger partial charge is 0.301 e. The number of amides is 1. The van der Waals surface area contributed by atoms with Crippen molar-refractivity contribution in [1.29, 1.82) is 0 Å².